The third-order valence-corrected chi connectivity index (χ3v) is 12.6. The summed E-state index contributed by atoms with van der Waals surface area (Å²) in [7, 11) is -1.99. The molecule has 0 aliphatic heterocycles. The molecule has 5 amide bonds. The number of urea groups is 2. The van der Waals surface area contributed by atoms with E-state index in [9.17, 15) is 49.2 Å². The zero-order valence-corrected chi connectivity index (χ0v) is 45.7. The van der Waals surface area contributed by atoms with Crippen LogP contribution in [-0.4, -0.2) is 128 Å². The van der Waals surface area contributed by atoms with E-state index in [1.54, 1.807) is 9.44 Å². The molecule has 6 rings (SSSR count). The molecule has 0 spiro atoms. The molecule has 0 unspecified atom stereocenters. The number of anilines is 2. The number of carbonyl (C=O) groups is 3. The van der Waals surface area contributed by atoms with Crippen LogP contribution >= 0.6 is 23.2 Å². The van der Waals surface area contributed by atoms with Crippen molar-refractivity contribution in [2.24, 2.45) is 0 Å². The number of aromatic nitrogens is 8. The smallest absolute Gasteiger partial charge is 0.442 e. The summed E-state index contributed by atoms with van der Waals surface area (Å²) in [5.41, 5.74) is -0.362. The second-order valence-electron chi connectivity index (χ2n) is 16.4. The molecule has 0 aliphatic carbocycles. The average molecular weight is 1170 g/mol. The first kappa shape index (κ1) is 62.2. The highest BCUT2D eigenvalue weighted by Gasteiger charge is 2.30. The van der Waals surface area contributed by atoms with Crippen molar-refractivity contribution in [2.75, 3.05) is 52.7 Å². The first-order valence-electron chi connectivity index (χ1n) is 21.8. The number of halogens is 5. The van der Waals surface area contributed by atoms with Crippen molar-refractivity contribution in [3.05, 3.63) is 104 Å². The molecule has 0 fully saturated rings. The number of aryl methyl sites for hydroxylation is 2. The summed E-state index contributed by atoms with van der Waals surface area (Å²) in [5.74, 6) is 1.59. The van der Waals surface area contributed by atoms with Gasteiger partial charge in [-0.15, -0.1) is 11.5 Å². The van der Waals surface area contributed by atoms with Crippen molar-refractivity contribution >= 4 is 73.1 Å². The highest BCUT2D eigenvalue weighted by Crippen LogP contribution is 2.33. The van der Waals surface area contributed by atoms with E-state index in [0.29, 0.717) is 17.3 Å². The molecule has 6 aromatic rings. The number of hydrogen-bond donors (Lipinski definition) is 4. The van der Waals surface area contributed by atoms with Crippen LogP contribution in [0.4, 0.5) is 34.7 Å². The maximum absolute atomic E-state index is 12.5. The van der Waals surface area contributed by atoms with Gasteiger partial charge in [-0.25, -0.2) is 37.2 Å². The van der Waals surface area contributed by atoms with Crippen LogP contribution in [0.2, 0.25) is 10.0 Å². The van der Waals surface area contributed by atoms with Crippen molar-refractivity contribution < 1.29 is 67.8 Å². The van der Waals surface area contributed by atoms with E-state index < -0.39 is 78.1 Å². The van der Waals surface area contributed by atoms with Crippen molar-refractivity contribution in [3.8, 4) is 41.6 Å². The van der Waals surface area contributed by atoms with Crippen molar-refractivity contribution in [2.45, 2.75) is 62.0 Å². The number of pyridine rings is 1. The molecule has 26 nitrogen and oxygen atoms in total. The predicted molar refractivity (Wildman–Crippen MR) is 273 cm³/mol. The number of amides is 5. The maximum Gasteiger partial charge on any atom is 0.442 e. The largest absolute Gasteiger partial charge is 0.481 e. The van der Waals surface area contributed by atoms with Gasteiger partial charge in [-0.05, 0) is 43.2 Å². The minimum atomic E-state index is -4.46. The molecule has 2 aromatic carbocycles. The van der Waals surface area contributed by atoms with E-state index in [-0.39, 0.29) is 63.3 Å². The normalized spacial score (nSPS) is 11.2. The number of nitrogens with zero attached hydrogens (tertiary/aromatic N) is 9. The maximum atomic E-state index is 12.5. The molecule has 4 N–H and O–H groups in total. The molecule has 4 heterocycles. The topological polar surface area (TPSA) is 333 Å². The van der Waals surface area contributed by atoms with Gasteiger partial charge in [0.15, 0.2) is 5.03 Å². The number of methoxy groups -OCH3 is 3. The Morgan fingerprint density at radius 2 is 1.42 bits per heavy atom. The van der Waals surface area contributed by atoms with Gasteiger partial charge >= 0.3 is 30.0 Å². The average Bonchev–Trinajstić information content (AvgIpc) is 3.76. The van der Waals surface area contributed by atoms with Crippen LogP contribution in [0, 0.1) is 19.3 Å². The summed E-state index contributed by atoms with van der Waals surface area (Å²) in [6.07, 6.45) is 0.148. The number of rotatable bonds is 15. The third kappa shape index (κ3) is 17.9. The first-order chi connectivity index (χ1) is 36.4. The number of benzene rings is 2. The van der Waals surface area contributed by atoms with E-state index >= 15 is 0 Å². The Balaban J connectivity index is 0.000000254. The summed E-state index contributed by atoms with van der Waals surface area (Å²) in [6, 6.07) is 9.67. The van der Waals surface area contributed by atoms with Crippen molar-refractivity contribution in [1.29, 1.82) is 0 Å². The number of alkyl halides is 3. The number of sulfonamides is 2. The Labute approximate surface area is 453 Å². The Hall–Kier alpha value is -8.34. The fourth-order valence-corrected chi connectivity index (χ4v) is 8.51. The van der Waals surface area contributed by atoms with Gasteiger partial charge in [0.25, 0.3) is 26.0 Å². The van der Waals surface area contributed by atoms with Gasteiger partial charge in [0.1, 0.15) is 18.2 Å². The molecule has 0 bridgehead atoms. The lowest BCUT2D eigenvalue weighted by molar-refractivity contribution is -0.134. The Kier molecular flexibility index (Phi) is 21.2. The minimum Gasteiger partial charge on any atom is -0.481 e. The van der Waals surface area contributed by atoms with Crippen LogP contribution < -0.4 is 44.8 Å². The Morgan fingerprint density at radius 1 is 0.821 bits per heavy atom. The SMILES string of the molecule is C#CCOc1cc(-n2nc(C(C)(C)C)oc2=O)c(Cl)cc1Cl.COc1cc(OC)nc(NC(=O)NS(=O)(=O)c2ncccc2C(=O)N(C)C)n1.COc1nc(C)nc(NC(=O)NS(=O)(=O)c2ccccc2CCC(F)(F)F)n1. The number of hydrogen-bond acceptors (Lipinski definition) is 20. The lowest BCUT2D eigenvalue weighted by Crippen LogP contribution is -2.36. The minimum absolute atomic E-state index is 0.0434. The number of carbonyl (C=O) groups excluding carboxylic acids is 3. The summed E-state index contributed by atoms with van der Waals surface area (Å²) in [4.78, 5) is 71.9. The highest BCUT2D eigenvalue weighted by atomic mass is 35.5. The number of terminal acetylenes is 1. The molecular formula is C45H48Cl2F3N13O13S2. The zero-order valence-electron chi connectivity index (χ0n) is 42.5. The second kappa shape index (κ2) is 26.6. The van der Waals surface area contributed by atoms with Crippen molar-refractivity contribution in [1.82, 2.24) is 54.0 Å². The highest BCUT2D eigenvalue weighted by molar-refractivity contribution is 7.90. The fourth-order valence-electron chi connectivity index (χ4n) is 5.78. The van der Waals surface area contributed by atoms with E-state index in [2.05, 4.69) is 51.6 Å². The zero-order chi connectivity index (χ0) is 58.3. The van der Waals surface area contributed by atoms with Gasteiger partial charge in [-0.3, -0.25) is 15.4 Å². The lowest BCUT2D eigenvalue weighted by Gasteiger charge is -2.14. The monoisotopic (exact) mass is 1170 g/mol. The van der Waals surface area contributed by atoms with Crippen LogP contribution in [0.1, 0.15) is 54.8 Å². The van der Waals surface area contributed by atoms with Gasteiger partial charge in [0, 0.05) is 38.2 Å². The molecule has 33 heteroatoms. The van der Waals surface area contributed by atoms with Gasteiger partial charge in [-0.1, -0.05) is 68.1 Å². The molecule has 0 saturated carbocycles. The summed E-state index contributed by atoms with van der Waals surface area (Å²) in [6.45, 7) is 7.19. The van der Waals surface area contributed by atoms with Gasteiger partial charge < -0.3 is 28.3 Å². The van der Waals surface area contributed by atoms with Crippen LogP contribution in [0.15, 0.2) is 79.9 Å². The van der Waals surface area contributed by atoms with E-state index in [0.717, 1.165) is 10.7 Å². The van der Waals surface area contributed by atoms with E-state index in [4.69, 9.17) is 53.0 Å². The molecule has 418 valence electrons. The molecule has 0 radical (unpaired) electrons. The van der Waals surface area contributed by atoms with Crippen LogP contribution in [0.5, 0.6) is 23.5 Å². The van der Waals surface area contributed by atoms with Crippen LogP contribution in [0.25, 0.3) is 5.69 Å². The number of nitrogens with one attached hydrogen (secondary N) is 4. The lowest BCUT2D eigenvalue weighted by atomic mass is 9.97. The summed E-state index contributed by atoms with van der Waals surface area (Å²) < 4.78 is 117. The second-order valence-corrected chi connectivity index (χ2v) is 20.5. The summed E-state index contributed by atoms with van der Waals surface area (Å²) >= 11 is 12.2. The molecule has 0 aliphatic rings. The van der Waals surface area contributed by atoms with E-state index in [1.807, 2.05) is 20.8 Å². The first-order valence-corrected chi connectivity index (χ1v) is 25.5. The molecular weight excluding hydrogens is 1120 g/mol. The van der Waals surface area contributed by atoms with Gasteiger partial charge in [0.2, 0.25) is 29.5 Å². The molecule has 78 heavy (non-hydrogen) atoms. The standard InChI is InChI=1S/C15H14Cl2N2O3.C15H16F3N5O4S.C15H18N6O6S/c1-5-6-21-12-8-11(9(16)7-10(12)17)19-14(20)22-13(18-19)15(2,3)4;1-9-19-12(22-14(20-9)27-2)21-13(24)23-28(25,26)11-6-4-3-5-10(11)7-8-15(16,17)18;1-21(2)13(22)9-6-5-7-16-12(9)28(24,25)20-15(23)19-14-17-10(26-3)8-11(18-14)27-4/h1,7-8H,6H2,2-4H3;3-6H,7-8H2,1-2H3,(H2,19,20,21,22,23,24);5-8H,1-4H3,(H2,17,18,19,20,23). The van der Waals surface area contributed by atoms with Crippen LogP contribution in [-0.2, 0) is 31.9 Å². The van der Waals surface area contributed by atoms with Gasteiger partial charge in [-0.2, -0.15) is 51.2 Å². The van der Waals surface area contributed by atoms with Crippen LogP contribution in [0.3, 0.4) is 0 Å². The predicted octanol–water partition coefficient (Wildman–Crippen LogP) is 5.74. The van der Waals surface area contributed by atoms with Gasteiger partial charge in [0.05, 0.1) is 53.6 Å². The van der Waals surface area contributed by atoms with Crippen molar-refractivity contribution in [3.63, 3.8) is 0 Å². The number of ether oxygens (including phenoxy) is 4. The third-order valence-electron chi connectivity index (χ3n) is 9.24. The molecule has 4 aromatic heterocycles. The Bertz CT molecular complexity index is 3460. The molecule has 0 atom stereocenters. The molecule has 0 saturated heterocycles. The van der Waals surface area contributed by atoms with E-state index in [1.165, 1.54) is 102 Å². The fraction of sp³-hybridized carbons (Fsp3) is 0.311. The Morgan fingerprint density at radius 3 is 1.97 bits per heavy atom. The quantitative estimate of drug-likeness (QED) is 0.0891. The summed E-state index contributed by atoms with van der Waals surface area (Å²) in [5, 5.41) is 8.38.